The Morgan fingerprint density at radius 2 is 0.869 bits per heavy atom. The fraction of sp³-hybridized carbons (Fsp3) is 0.0690. The van der Waals surface area contributed by atoms with Crippen molar-refractivity contribution in [2.75, 3.05) is 9.80 Å². The van der Waals surface area contributed by atoms with E-state index in [0.29, 0.717) is 0 Å². The van der Waals surface area contributed by atoms with Crippen LogP contribution in [0.15, 0.2) is 217 Å². The molecule has 1 aliphatic carbocycles. The third-order valence-corrected chi connectivity index (χ3v) is 12.7. The summed E-state index contributed by atoms with van der Waals surface area (Å²) >= 11 is 0. The minimum Gasteiger partial charge on any atom is -0.455 e. The topological polar surface area (TPSA) is 19.6 Å². The summed E-state index contributed by atoms with van der Waals surface area (Å²) in [5, 5.41) is 2.18. The fourth-order valence-electron chi connectivity index (χ4n) is 9.96. The van der Waals surface area contributed by atoms with Crippen LogP contribution < -0.4 is 9.80 Å². The number of para-hydroxylation sites is 5. The largest absolute Gasteiger partial charge is 0.455 e. The van der Waals surface area contributed by atoms with Crippen molar-refractivity contribution in [2.45, 2.75) is 26.2 Å². The highest BCUT2D eigenvalue weighted by molar-refractivity contribution is 6.19. The fourth-order valence-corrected chi connectivity index (χ4v) is 9.96. The molecule has 0 unspecified atom stereocenters. The molecule has 1 aromatic heterocycles. The minimum absolute atomic E-state index is 0.720. The molecule has 61 heavy (non-hydrogen) atoms. The van der Waals surface area contributed by atoms with E-state index < -0.39 is 5.41 Å². The lowest BCUT2D eigenvalue weighted by molar-refractivity contribution is 0.669. The van der Waals surface area contributed by atoms with Gasteiger partial charge in [-0.25, -0.2) is 0 Å². The number of anilines is 6. The van der Waals surface area contributed by atoms with Crippen LogP contribution in [-0.2, 0) is 5.41 Å². The van der Waals surface area contributed by atoms with Crippen molar-refractivity contribution < 1.29 is 4.42 Å². The Morgan fingerprint density at radius 3 is 1.43 bits per heavy atom. The molecule has 9 aromatic carbocycles. The lowest BCUT2D eigenvalue weighted by atomic mass is 9.67. The third kappa shape index (κ3) is 5.65. The van der Waals surface area contributed by atoms with Crippen LogP contribution in [0.1, 0.15) is 38.9 Å². The quantitative estimate of drug-likeness (QED) is 0.153. The summed E-state index contributed by atoms with van der Waals surface area (Å²) in [6, 6.07) is 77.1. The van der Waals surface area contributed by atoms with E-state index in [1.807, 2.05) is 0 Å². The van der Waals surface area contributed by atoms with Crippen LogP contribution in [0.5, 0.6) is 0 Å². The molecule has 0 N–H and O–H groups in total. The lowest BCUT2D eigenvalue weighted by Crippen LogP contribution is -2.29. The van der Waals surface area contributed by atoms with E-state index in [0.717, 1.165) is 61.6 Å². The van der Waals surface area contributed by atoms with Gasteiger partial charge in [-0.3, -0.25) is 0 Å². The number of fused-ring (bicyclic) bond motifs is 7. The second-order valence-corrected chi connectivity index (χ2v) is 16.2. The Labute approximate surface area is 357 Å². The smallest absolute Gasteiger partial charge is 0.145 e. The molecule has 0 spiro atoms. The number of hydrogen-bond donors (Lipinski definition) is 0. The van der Waals surface area contributed by atoms with Crippen molar-refractivity contribution in [3.05, 3.63) is 251 Å². The number of furan rings is 1. The van der Waals surface area contributed by atoms with Gasteiger partial charge in [-0.05, 0) is 120 Å². The molecule has 1 heterocycles. The van der Waals surface area contributed by atoms with Gasteiger partial charge >= 0.3 is 0 Å². The molecule has 1 aliphatic rings. The predicted molar refractivity (Wildman–Crippen MR) is 255 cm³/mol. The van der Waals surface area contributed by atoms with Crippen LogP contribution in [0, 0.1) is 20.8 Å². The molecule has 0 saturated heterocycles. The van der Waals surface area contributed by atoms with Crippen molar-refractivity contribution in [3.63, 3.8) is 0 Å². The number of rotatable bonds is 8. The number of hydrogen-bond acceptors (Lipinski definition) is 3. The van der Waals surface area contributed by atoms with Crippen LogP contribution in [0.3, 0.4) is 0 Å². The maximum atomic E-state index is 7.22. The summed E-state index contributed by atoms with van der Waals surface area (Å²) in [6.45, 7) is 6.61. The summed E-state index contributed by atoms with van der Waals surface area (Å²) in [7, 11) is 0. The summed E-state index contributed by atoms with van der Waals surface area (Å²) in [4.78, 5) is 4.87. The van der Waals surface area contributed by atoms with Crippen LogP contribution in [0.25, 0.3) is 33.1 Å². The van der Waals surface area contributed by atoms with Gasteiger partial charge in [0, 0.05) is 39.4 Å². The number of aryl methyl sites for hydroxylation is 3. The summed E-state index contributed by atoms with van der Waals surface area (Å²) in [6.07, 6.45) is 0. The Bertz CT molecular complexity index is 3150. The third-order valence-electron chi connectivity index (χ3n) is 12.7. The van der Waals surface area contributed by atoms with E-state index in [2.05, 4.69) is 243 Å². The van der Waals surface area contributed by atoms with Gasteiger partial charge in [0.05, 0.1) is 16.5 Å². The Morgan fingerprint density at radius 1 is 0.393 bits per heavy atom. The first-order valence-corrected chi connectivity index (χ1v) is 21.1. The molecular formula is C58H44N2O. The summed E-state index contributed by atoms with van der Waals surface area (Å²) < 4.78 is 7.22. The molecule has 10 aromatic rings. The SMILES string of the molecule is Cc1ccccc1N(c1ccc2c(c1)C(c1ccccc1)(c1ccccc1)c1cc(N(c3ccccc3)c3ccccc3C)c3c(oc4ccccc43)c1-2)c1ccccc1C. The zero-order valence-electron chi connectivity index (χ0n) is 34.5. The standard InChI is InChI=1S/C58H44N2O/c1-39-21-13-17-31-50(39)59(44-28-11-6-12-29-44)53-38-49-55(57-56(53)47-30-16-20-34-54(47)61-57)46-36-35-45(60(51-32-18-14-22-40(51)2)52-33-19-15-23-41(52)3)37-48(46)58(49,42-24-7-4-8-25-42)43-26-9-5-10-27-43/h4-38H,1-3H3. The number of benzene rings is 9. The Kier molecular flexibility index (Phi) is 8.72. The molecule has 3 heteroatoms. The molecule has 292 valence electrons. The zero-order chi connectivity index (χ0) is 41.1. The van der Waals surface area contributed by atoms with Crippen LogP contribution >= 0.6 is 0 Å². The van der Waals surface area contributed by atoms with E-state index in [4.69, 9.17) is 4.42 Å². The average Bonchev–Trinajstić information content (AvgIpc) is 3.83. The van der Waals surface area contributed by atoms with Crippen molar-refractivity contribution in [3.8, 4) is 11.1 Å². The van der Waals surface area contributed by atoms with Gasteiger partial charge in [0.2, 0.25) is 0 Å². The molecule has 0 fully saturated rings. The highest BCUT2D eigenvalue weighted by Gasteiger charge is 2.49. The average molecular weight is 785 g/mol. The van der Waals surface area contributed by atoms with Gasteiger partial charge in [0.15, 0.2) is 0 Å². The first-order valence-electron chi connectivity index (χ1n) is 21.1. The first kappa shape index (κ1) is 36.5. The van der Waals surface area contributed by atoms with Gasteiger partial charge in [0.25, 0.3) is 0 Å². The Hall–Kier alpha value is -7.62. The molecule has 0 bridgehead atoms. The van der Waals surface area contributed by atoms with Gasteiger partial charge in [-0.2, -0.15) is 0 Å². The van der Waals surface area contributed by atoms with Crippen LogP contribution in [0.4, 0.5) is 34.1 Å². The lowest BCUT2D eigenvalue weighted by Gasteiger charge is -2.36. The molecule has 11 rings (SSSR count). The molecule has 3 nitrogen and oxygen atoms in total. The molecule has 0 radical (unpaired) electrons. The molecule has 0 aliphatic heterocycles. The van der Waals surface area contributed by atoms with E-state index >= 15 is 0 Å². The highest BCUT2D eigenvalue weighted by atomic mass is 16.3. The van der Waals surface area contributed by atoms with Gasteiger partial charge in [0.1, 0.15) is 11.2 Å². The van der Waals surface area contributed by atoms with E-state index in [9.17, 15) is 0 Å². The maximum Gasteiger partial charge on any atom is 0.145 e. The van der Waals surface area contributed by atoms with Crippen molar-refractivity contribution >= 4 is 56.1 Å². The highest BCUT2D eigenvalue weighted by Crippen LogP contribution is 2.61. The van der Waals surface area contributed by atoms with Crippen LogP contribution in [0.2, 0.25) is 0 Å². The van der Waals surface area contributed by atoms with E-state index in [-0.39, 0.29) is 0 Å². The van der Waals surface area contributed by atoms with Crippen LogP contribution in [-0.4, -0.2) is 0 Å². The van der Waals surface area contributed by atoms with Gasteiger partial charge < -0.3 is 14.2 Å². The maximum absolute atomic E-state index is 7.22. The summed E-state index contributed by atoms with van der Waals surface area (Å²) in [5.74, 6) is 0. The molecular weight excluding hydrogens is 741 g/mol. The first-order chi connectivity index (χ1) is 30.0. The van der Waals surface area contributed by atoms with Crippen molar-refractivity contribution in [1.29, 1.82) is 0 Å². The van der Waals surface area contributed by atoms with E-state index in [1.165, 1.54) is 44.5 Å². The molecule has 0 amide bonds. The predicted octanol–water partition coefficient (Wildman–Crippen LogP) is 15.8. The summed E-state index contributed by atoms with van der Waals surface area (Å²) in [5.41, 5.74) is 18.4. The number of nitrogens with zero attached hydrogens (tertiary/aromatic N) is 2. The van der Waals surface area contributed by atoms with Gasteiger partial charge in [-0.15, -0.1) is 0 Å². The Balaban J connectivity index is 1.31. The van der Waals surface area contributed by atoms with E-state index in [1.54, 1.807) is 0 Å². The second-order valence-electron chi connectivity index (χ2n) is 16.2. The van der Waals surface area contributed by atoms with Gasteiger partial charge in [-0.1, -0.05) is 158 Å². The molecule has 0 saturated carbocycles. The monoisotopic (exact) mass is 784 g/mol. The zero-order valence-corrected chi connectivity index (χ0v) is 34.5. The second kappa shape index (κ2) is 14.6. The molecule has 0 atom stereocenters. The normalized spacial score (nSPS) is 12.6. The van der Waals surface area contributed by atoms with Crippen molar-refractivity contribution in [2.24, 2.45) is 0 Å². The van der Waals surface area contributed by atoms with Crippen molar-refractivity contribution in [1.82, 2.24) is 0 Å². The minimum atomic E-state index is -0.720.